The maximum atomic E-state index is 13.1. The molecule has 0 amide bonds. The minimum Gasteiger partial charge on any atom is -0.493 e. The van der Waals surface area contributed by atoms with Crippen LogP contribution in [0.15, 0.2) is 52.7 Å². The summed E-state index contributed by atoms with van der Waals surface area (Å²) in [5, 5.41) is 2.47. The average Bonchev–Trinajstić information content (AvgIpc) is 3.28. The normalized spacial score (nSPS) is 15.0. The highest BCUT2D eigenvalue weighted by molar-refractivity contribution is 7.92. The topological polar surface area (TPSA) is 68.7 Å². The van der Waals surface area contributed by atoms with Crippen LogP contribution < -0.4 is 14.4 Å². The van der Waals surface area contributed by atoms with E-state index in [-0.39, 0.29) is 4.90 Å². The molecule has 6 nitrogen and oxygen atoms in total. The Morgan fingerprint density at radius 3 is 2.41 bits per heavy atom. The zero-order valence-corrected chi connectivity index (χ0v) is 19.6. The quantitative estimate of drug-likeness (QED) is 0.473. The second kappa shape index (κ2) is 9.46. The van der Waals surface area contributed by atoms with E-state index in [4.69, 9.17) is 14.5 Å². The highest BCUT2D eigenvalue weighted by Gasteiger charge is 2.32. The van der Waals surface area contributed by atoms with E-state index in [1.807, 2.05) is 23.6 Å². The molecule has 2 aromatic carbocycles. The summed E-state index contributed by atoms with van der Waals surface area (Å²) in [6.07, 6.45) is 1.71. The van der Waals surface area contributed by atoms with Crippen LogP contribution in [-0.2, 0) is 16.3 Å². The van der Waals surface area contributed by atoms with Crippen molar-refractivity contribution >= 4 is 26.3 Å². The molecule has 0 atom stereocenters. The largest absolute Gasteiger partial charge is 0.493 e. The van der Waals surface area contributed by atoms with Crippen LogP contribution in [0.1, 0.15) is 24.1 Å². The number of ether oxygens (including phenoxy) is 2. The lowest BCUT2D eigenvalue weighted by Gasteiger charge is -2.31. The number of anilines is 1. The van der Waals surface area contributed by atoms with Gasteiger partial charge in [0.05, 0.1) is 30.1 Å². The highest BCUT2D eigenvalue weighted by Crippen LogP contribution is 2.31. The molecule has 0 unspecified atom stereocenters. The van der Waals surface area contributed by atoms with Crippen LogP contribution in [0.2, 0.25) is 0 Å². The van der Waals surface area contributed by atoms with Gasteiger partial charge in [0, 0.05) is 24.9 Å². The van der Waals surface area contributed by atoms with Gasteiger partial charge in [-0.3, -0.25) is 0 Å². The van der Waals surface area contributed by atoms with E-state index in [0.717, 1.165) is 16.4 Å². The third kappa shape index (κ3) is 4.73. The molecule has 1 aromatic heterocycles. The zero-order chi connectivity index (χ0) is 22.7. The number of hydrogen-bond donors (Lipinski definition) is 0. The molecule has 170 valence electrons. The van der Waals surface area contributed by atoms with E-state index in [1.54, 1.807) is 25.6 Å². The molecule has 32 heavy (non-hydrogen) atoms. The Morgan fingerprint density at radius 1 is 1.06 bits per heavy atom. The maximum absolute atomic E-state index is 13.1. The van der Waals surface area contributed by atoms with Crippen molar-refractivity contribution in [3.8, 4) is 11.5 Å². The molecule has 0 aliphatic carbocycles. The summed E-state index contributed by atoms with van der Waals surface area (Å²) >= 11 is 1.57. The molecule has 4 rings (SSSR count). The number of methoxy groups -OCH3 is 2. The average molecular weight is 477 g/mol. The minimum absolute atomic E-state index is 0.184. The fraction of sp³-hybridized carbons (Fsp3) is 0.348. The van der Waals surface area contributed by atoms with Crippen LogP contribution in [0.5, 0.6) is 11.5 Å². The Bertz CT molecular complexity index is 1170. The summed E-state index contributed by atoms with van der Waals surface area (Å²) in [5.41, 5.74) is 2.03. The lowest BCUT2D eigenvalue weighted by atomic mass is 10.1. The molecule has 0 saturated carbocycles. The molecule has 0 bridgehead atoms. The van der Waals surface area contributed by atoms with Gasteiger partial charge in [-0.15, -0.1) is 11.3 Å². The summed E-state index contributed by atoms with van der Waals surface area (Å²) < 4.78 is 49.6. The first-order valence-corrected chi connectivity index (χ1v) is 12.7. The summed E-state index contributed by atoms with van der Waals surface area (Å²) in [6, 6.07) is 10.9. The highest BCUT2D eigenvalue weighted by atomic mass is 32.2. The van der Waals surface area contributed by atoms with Crippen molar-refractivity contribution in [2.75, 3.05) is 32.2 Å². The van der Waals surface area contributed by atoms with Gasteiger partial charge in [0.15, 0.2) is 26.5 Å². The second-order valence-electron chi connectivity index (χ2n) is 7.67. The van der Waals surface area contributed by atoms with E-state index in [9.17, 15) is 12.8 Å². The van der Waals surface area contributed by atoms with Gasteiger partial charge in [0.25, 0.3) is 0 Å². The molecule has 1 aliphatic heterocycles. The number of nitrogens with zero attached hydrogens (tertiary/aromatic N) is 2. The van der Waals surface area contributed by atoms with E-state index >= 15 is 0 Å². The molecule has 9 heteroatoms. The third-order valence-electron chi connectivity index (χ3n) is 5.67. The van der Waals surface area contributed by atoms with Gasteiger partial charge in [-0.1, -0.05) is 6.07 Å². The summed E-state index contributed by atoms with van der Waals surface area (Å²) in [6.45, 7) is 1.24. The van der Waals surface area contributed by atoms with E-state index < -0.39 is 20.9 Å². The smallest absolute Gasteiger partial charge is 0.185 e. The Morgan fingerprint density at radius 2 is 1.75 bits per heavy atom. The maximum Gasteiger partial charge on any atom is 0.185 e. The Kier molecular flexibility index (Phi) is 6.66. The number of sulfone groups is 1. The number of halogens is 1. The van der Waals surface area contributed by atoms with Gasteiger partial charge in [-0.2, -0.15) is 0 Å². The first-order chi connectivity index (χ1) is 15.4. The number of aromatic nitrogens is 1. The van der Waals surface area contributed by atoms with Crippen molar-refractivity contribution in [3.63, 3.8) is 0 Å². The fourth-order valence-corrected chi connectivity index (χ4v) is 6.51. The van der Waals surface area contributed by atoms with Crippen LogP contribution in [0.3, 0.4) is 0 Å². The molecule has 3 aromatic rings. The van der Waals surface area contributed by atoms with Crippen molar-refractivity contribution in [3.05, 3.63) is 64.9 Å². The third-order valence-corrected chi connectivity index (χ3v) is 8.89. The summed E-state index contributed by atoms with van der Waals surface area (Å²) in [5.74, 6) is 0.935. The summed E-state index contributed by atoms with van der Waals surface area (Å²) in [7, 11) is -0.242. The minimum atomic E-state index is -3.46. The molecule has 1 aliphatic rings. The summed E-state index contributed by atoms with van der Waals surface area (Å²) in [4.78, 5) is 7.09. The first kappa shape index (κ1) is 22.5. The molecule has 1 fully saturated rings. The van der Waals surface area contributed by atoms with Crippen LogP contribution in [-0.4, -0.2) is 46.0 Å². The van der Waals surface area contributed by atoms with E-state index in [2.05, 4.69) is 4.90 Å². The predicted molar refractivity (Wildman–Crippen MR) is 123 cm³/mol. The molecule has 2 heterocycles. The van der Waals surface area contributed by atoms with Gasteiger partial charge in [-0.25, -0.2) is 17.8 Å². The van der Waals surface area contributed by atoms with Crippen LogP contribution in [0, 0.1) is 5.82 Å². The Labute approximate surface area is 191 Å². The predicted octanol–water partition coefficient (Wildman–Crippen LogP) is 4.33. The monoisotopic (exact) mass is 476 g/mol. The molecule has 1 saturated heterocycles. The molecular formula is C23H25FN2O4S2. The SMILES string of the molecule is COc1ccc(Cc2csc(N3CCC(S(=O)(=O)c4ccc(F)cc4)CC3)n2)cc1OC. The van der Waals surface area contributed by atoms with E-state index in [0.29, 0.717) is 43.9 Å². The lowest BCUT2D eigenvalue weighted by molar-refractivity contribution is 0.354. The lowest BCUT2D eigenvalue weighted by Crippen LogP contribution is -2.39. The number of thiazole rings is 1. The first-order valence-electron chi connectivity index (χ1n) is 10.3. The fourth-order valence-electron chi connectivity index (χ4n) is 3.90. The van der Waals surface area contributed by atoms with Crippen molar-refractivity contribution in [2.45, 2.75) is 29.4 Å². The van der Waals surface area contributed by atoms with Crippen molar-refractivity contribution in [1.82, 2.24) is 4.98 Å². The number of piperidine rings is 1. The van der Waals surface area contributed by atoms with Crippen LogP contribution >= 0.6 is 11.3 Å². The second-order valence-corrected chi connectivity index (χ2v) is 10.7. The molecular weight excluding hydrogens is 451 g/mol. The number of rotatable bonds is 7. The Balaban J connectivity index is 1.39. The van der Waals surface area contributed by atoms with Gasteiger partial charge < -0.3 is 14.4 Å². The molecule has 0 radical (unpaired) electrons. The van der Waals surface area contributed by atoms with Gasteiger partial charge in [0.2, 0.25) is 0 Å². The van der Waals surface area contributed by atoms with Gasteiger partial charge in [0.1, 0.15) is 5.82 Å². The van der Waals surface area contributed by atoms with Gasteiger partial charge in [-0.05, 0) is 54.8 Å². The standard InChI is InChI=1S/C23H25FN2O4S2/c1-29-21-8-3-16(14-22(21)30-2)13-18-15-31-23(25-18)26-11-9-20(10-12-26)32(27,28)19-6-4-17(24)5-7-19/h3-8,14-15,20H,9-13H2,1-2H3. The van der Waals surface area contributed by atoms with E-state index in [1.165, 1.54) is 24.3 Å². The van der Waals surface area contributed by atoms with Gasteiger partial charge >= 0.3 is 0 Å². The van der Waals surface area contributed by atoms with Crippen molar-refractivity contribution < 1.29 is 22.3 Å². The van der Waals surface area contributed by atoms with Crippen LogP contribution in [0.25, 0.3) is 0 Å². The molecule has 0 N–H and O–H groups in total. The Hall–Kier alpha value is -2.65. The number of benzene rings is 2. The zero-order valence-electron chi connectivity index (χ0n) is 18.0. The number of hydrogen-bond acceptors (Lipinski definition) is 7. The van der Waals surface area contributed by atoms with Crippen molar-refractivity contribution in [1.29, 1.82) is 0 Å². The van der Waals surface area contributed by atoms with Crippen LogP contribution in [0.4, 0.5) is 9.52 Å². The molecule has 0 spiro atoms. The van der Waals surface area contributed by atoms with Crippen molar-refractivity contribution in [2.24, 2.45) is 0 Å².